The normalized spacial score (nSPS) is 12.3. The Balaban J connectivity index is 3.00. The summed E-state index contributed by atoms with van der Waals surface area (Å²) in [7, 11) is 1.20. The zero-order valence-corrected chi connectivity index (χ0v) is 13.9. The average Bonchev–Trinajstić information content (AvgIpc) is 2.24. The van der Waals surface area contributed by atoms with Crippen LogP contribution in [0.15, 0.2) is 17.0 Å². The van der Waals surface area contributed by atoms with E-state index in [4.69, 9.17) is 15.4 Å². The number of aryl methyl sites for hydroxylation is 1. The van der Waals surface area contributed by atoms with Gasteiger partial charge in [-0.15, -0.1) is 0 Å². The predicted molar refractivity (Wildman–Crippen MR) is 78.5 cm³/mol. The Morgan fingerprint density at radius 3 is 2.38 bits per heavy atom. The van der Waals surface area contributed by atoms with Crippen LogP contribution >= 0.6 is 10.7 Å². The Hall–Kier alpha value is -1.14. The summed E-state index contributed by atoms with van der Waals surface area (Å²) >= 11 is 0. The number of benzene rings is 1. The topological polar surface area (TPSA) is 60.4 Å². The molecule has 0 aromatic heterocycles. The minimum absolute atomic E-state index is 0.0310. The van der Waals surface area contributed by atoms with E-state index in [2.05, 4.69) is 0 Å². The fourth-order valence-electron chi connectivity index (χ4n) is 1.60. The highest BCUT2D eigenvalue weighted by Gasteiger charge is 2.22. The van der Waals surface area contributed by atoms with Crippen molar-refractivity contribution in [1.29, 1.82) is 0 Å². The van der Waals surface area contributed by atoms with Crippen LogP contribution in [-0.4, -0.2) is 21.0 Å². The first-order valence-corrected chi connectivity index (χ1v) is 8.65. The highest BCUT2D eigenvalue weighted by molar-refractivity contribution is 8.13. The third kappa shape index (κ3) is 5.28. The molecule has 1 aromatic carbocycles. The van der Waals surface area contributed by atoms with Gasteiger partial charge in [0.15, 0.2) is 0 Å². The molecule has 0 spiro atoms. The molecule has 0 atom stereocenters. The van der Waals surface area contributed by atoms with Crippen molar-refractivity contribution in [2.24, 2.45) is 5.41 Å². The summed E-state index contributed by atoms with van der Waals surface area (Å²) < 4.78 is 41.5. The second-order valence-electron chi connectivity index (χ2n) is 5.98. The maximum absolute atomic E-state index is 13.8. The Morgan fingerprint density at radius 2 is 1.90 bits per heavy atom. The molecule has 0 aliphatic carbocycles. The molecule has 1 rings (SSSR count). The summed E-state index contributed by atoms with van der Waals surface area (Å²) in [5, 5.41) is 0. The summed E-state index contributed by atoms with van der Waals surface area (Å²) in [6.45, 7) is 7.45. The molecular weight excluding hydrogens is 319 g/mol. The van der Waals surface area contributed by atoms with Gasteiger partial charge in [-0.3, -0.25) is 0 Å². The fraction of sp³-hybridized carbons (Fsp3) is 0.500. The number of esters is 1. The standard InChI is InChI=1S/C14H18ClFO4S/c1-9-7-11(16)10(8-12(9)21(15,18)19)13(17)20-6-5-14(2,3)4/h7-8H,5-6H2,1-4H3. The van der Waals surface area contributed by atoms with E-state index in [9.17, 15) is 17.6 Å². The van der Waals surface area contributed by atoms with Crippen molar-refractivity contribution in [3.05, 3.63) is 29.1 Å². The zero-order valence-electron chi connectivity index (χ0n) is 12.4. The molecule has 1 aromatic rings. The van der Waals surface area contributed by atoms with Gasteiger partial charge in [-0.1, -0.05) is 20.8 Å². The maximum Gasteiger partial charge on any atom is 0.341 e. The molecule has 0 saturated heterocycles. The van der Waals surface area contributed by atoms with Crippen LogP contribution in [0.1, 0.15) is 43.1 Å². The van der Waals surface area contributed by atoms with Crippen molar-refractivity contribution < 1.29 is 22.3 Å². The Kier molecular flexibility index (Phi) is 5.39. The number of ether oxygens (including phenoxy) is 1. The van der Waals surface area contributed by atoms with Gasteiger partial charge in [-0.2, -0.15) is 0 Å². The maximum atomic E-state index is 13.8. The van der Waals surface area contributed by atoms with Crippen molar-refractivity contribution in [2.75, 3.05) is 6.61 Å². The second kappa shape index (κ2) is 6.32. The first kappa shape index (κ1) is 17.9. The van der Waals surface area contributed by atoms with Gasteiger partial charge in [0.05, 0.1) is 17.1 Å². The van der Waals surface area contributed by atoms with E-state index in [1.807, 2.05) is 20.8 Å². The van der Waals surface area contributed by atoms with Gasteiger partial charge >= 0.3 is 5.97 Å². The summed E-state index contributed by atoms with van der Waals surface area (Å²) in [4.78, 5) is 11.5. The van der Waals surface area contributed by atoms with Gasteiger partial charge in [0.25, 0.3) is 9.05 Å². The Labute approximate surface area is 128 Å². The average molecular weight is 337 g/mol. The third-order valence-corrected chi connectivity index (χ3v) is 4.30. The van der Waals surface area contributed by atoms with E-state index in [0.29, 0.717) is 6.42 Å². The molecule has 0 N–H and O–H groups in total. The monoisotopic (exact) mass is 336 g/mol. The third-order valence-electron chi connectivity index (χ3n) is 2.83. The van der Waals surface area contributed by atoms with E-state index in [0.717, 1.165) is 12.1 Å². The Bertz CT molecular complexity index is 648. The van der Waals surface area contributed by atoms with Crippen LogP contribution in [0.5, 0.6) is 0 Å². The van der Waals surface area contributed by atoms with Crippen molar-refractivity contribution in [2.45, 2.75) is 39.0 Å². The minimum atomic E-state index is -4.05. The highest BCUT2D eigenvalue weighted by atomic mass is 35.7. The molecule has 0 radical (unpaired) electrons. The largest absolute Gasteiger partial charge is 0.462 e. The molecule has 0 bridgehead atoms. The highest BCUT2D eigenvalue weighted by Crippen LogP contribution is 2.24. The zero-order chi connectivity index (χ0) is 16.4. The summed E-state index contributed by atoms with van der Waals surface area (Å²) in [6, 6.07) is 1.86. The SMILES string of the molecule is Cc1cc(F)c(C(=O)OCCC(C)(C)C)cc1S(=O)(=O)Cl. The van der Waals surface area contributed by atoms with Gasteiger partial charge in [-0.25, -0.2) is 17.6 Å². The Morgan fingerprint density at radius 1 is 1.33 bits per heavy atom. The summed E-state index contributed by atoms with van der Waals surface area (Å²) in [5.74, 6) is -1.74. The molecule has 0 fully saturated rings. The first-order valence-electron chi connectivity index (χ1n) is 6.34. The van der Waals surface area contributed by atoms with Gasteiger partial charge < -0.3 is 4.74 Å². The van der Waals surface area contributed by atoms with E-state index >= 15 is 0 Å². The lowest BCUT2D eigenvalue weighted by Crippen LogP contribution is -2.15. The number of halogens is 2. The van der Waals surface area contributed by atoms with Crippen LogP contribution in [-0.2, 0) is 13.8 Å². The molecule has 7 heteroatoms. The smallest absolute Gasteiger partial charge is 0.341 e. The van der Waals surface area contributed by atoms with Crippen LogP contribution in [0.25, 0.3) is 0 Å². The molecule has 0 aliphatic heterocycles. The predicted octanol–water partition coefficient (Wildman–Crippen LogP) is 3.65. The summed E-state index contributed by atoms with van der Waals surface area (Å²) in [6.07, 6.45) is 0.604. The number of hydrogen-bond donors (Lipinski definition) is 0. The van der Waals surface area contributed by atoms with Gasteiger partial charge in [0.2, 0.25) is 0 Å². The quantitative estimate of drug-likeness (QED) is 0.622. The number of hydrogen-bond acceptors (Lipinski definition) is 4. The lowest BCUT2D eigenvalue weighted by molar-refractivity contribution is 0.0459. The molecule has 0 amide bonds. The fourth-order valence-corrected chi connectivity index (χ4v) is 2.80. The van der Waals surface area contributed by atoms with E-state index in [-0.39, 0.29) is 22.5 Å². The number of carbonyl (C=O) groups is 1. The molecule has 118 valence electrons. The van der Waals surface area contributed by atoms with Crippen LogP contribution in [0, 0.1) is 18.2 Å². The van der Waals surface area contributed by atoms with E-state index in [1.54, 1.807) is 0 Å². The van der Waals surface area contributed by atoms with Gasteiger partial charge in [-0.05, 0) is 36.5 Å². The van der Waals surface area contributed by atoms with Crippen LogP contribution < -0.4 is 0 Å². The minimum Gasteiger partial charge on any atom is -0.462 e. The molecule has 0 aliphatic rings. The van der Waals surface area contributed by atoms with Crippen LogP contribution in [0.3, 0.4) is 0 Å². The molecule has 0 unspecified atom stereocenters. The van der Waals surface area contributed by atoms with Crippen molar-refractivity contribution in [3.63, 3.8) is 0 Å². The van der Waals surface area contributed by atoms with Crippen molar-refractivity contribution in [3.8, 4) is 0 Å². The summed E-state index contributed by atoms with van der Waals surface area (Å²) in [5.41, 5.74) is -0.334. The molecule has 0 saturated carbocycles. The molecule has 21 heavy (non-hydrogen) atoms. The lowest BCUT2D eigenvalue weighted by Gasteiger charge is -2.17. The van der Waals surface area contributed by atoms with Gasteiger partial charge in [0.1, 0.15) is 5.82 Å². The van der Waals surface area contributed by atoms with Crippen LogP contribution in [0.2, 0.25) is 0 Å². The first-order chi connectivity index (χ1) is 9.42. The van der Waals surface area contributed by atoms with Crippen molar-refractivity contribution in [1.82, 2.24) is 0 Å². The molecule has 4 nitrogen and oxygen atoms in total. The van der Waals surface area contributed by atoms with Gasteiger partial charge in [0, 0.05) is 10.7 Å². The molecule has 0 heterocycles. The van der Waals surface area contributed by atoms with Crippen LogP contribution in [0.4, 0.5) is 4.39 Å². The van der Waals surface area contributed by atoms with E-state index in [1.165, 1.54) is 6.92 Å². The second-order valence-corrected chi connectivity index (χ2v) is 8.52. The lowest BCUT2D eigenvalue weighted by atomic mass is 9.93. The number of rotatable bonds is 4. The van der Waals surface area contributed by atoms with E-state index < -0.39 is 26.4 Å². The van der Waals surface area contributed by atoms with Crippen molar-refractivity contribution >= 4 is 25.7 Å². The number of carbonyl (C=O) groups excluding carboxylic acids is 1. The molecular formula is C14H18ClFO4S.